The Kier molecular flexibility index (Phi) is 6.54. The molecule has 1 saturated heterocycles. The molecule has 1 aromatic heterocycles. The quantitative estimate of drug-likeness (QED) is 0.489. The van der Waals surface area contributed by atoms with Crippen molar-refractivity contribution in [2.45, 2.75) is 11.1 Å². The molecular formula is C21H17Cl2F3N4O2S. The summed E-state index contributed by atoms with van der Waals surface area (Å²) in [4.78, 5) is 1.08. The van der Waals surface area contributed by atoms with Crippen LogP contribution in [0.4, 0.5) is 19.0 Å². The van der Waals surface area contributed by atoms with Crippen LogP contribution in [0.2, 0.25) is 10.0 Å². The molecule has 0 atom stereocenters. The zero-order valence-electron chi connectivity index (χ0n) is 16.9. The van der Waals surface area contributed by atoms with Gasteiger partial charge in [0.25, 0.3) is 0 Å². The number of alkyl halides is 3. The van der Waals surface area contributed by atoms with E-state index in [1.165, 1.54) is 12.1 Å². The lowest BCUT2D eigenvalue weighted by atomic mass is 10.1. The van der Waals surface area contributed by atoms with Gasteiger partial charge in [0.05, 0.1) is 21.2 Å². The van der Waals surface area contributed by atoms with E-state index in [2.05, 4.69) is 10.2 Å². The molecule has 12 heteroatoms. The van der Waals surface area contributed by atoms with Crippen molar-refractivity contribution < 1.29 is 21.6 Å². The van der Waals surface area contributed by atoms with Gasteiger partial charge in [-0.25, -0.2) is 8.42 Å². The molecule has 1 fully saturated rings. The van der Waals surface area contributed by atoms with Gasteiger partial charge in [0.1, 0.15) is 0 Å². The van der Waals surface area contributed by atoms with Gasteiger partial charge in [0.15, 0.2) is 5.82 Å². The minimum absolute atomic E-state index is 0.0148. The summed E-state index contributed by atoms with van der Waals surface area (Å²) < 4.78 is 66.8. The number of anilines is 1. The van der Waals surface area contributed by atoms with Crippen molar-refractivity contribution in [3.8, 4) is 11.3 Å². The first-order valence-electron chi connectivity index (χ1n) is 9.78. The SMILES string of the molecule is O=S(=O)(c1ccccc1C(F)(F)F)N1CCN(c2ccc(-c3ccc(Cl)cc3Cl)nn2)CC1. The zero-order valence-corrected chi connectivity index (χ0v) is 19.3. The number of hydrogen-bond acceptors (Lipinski definition) is 5. The summed E-state index contributed by atoms with van der Waals surface area (Å²) >= 11 is 12.1. The van der Waals surface area contributed by atoms with Crippen LogP contribution >= 0.6 is 23.2 Å². The maximum Gasteiger partial charge on any atom is 0.417 e. The molecule has 0 bridgehead atoms. The van der Waals surface area contributed by atoms with E-state index >= 15 is 0 Å². The van der Waals surface area contributed by atoms with Crippen molar-refractivity contribution in [3.63, 3.8) is 0 Å². The fraction of sp³-hybridized carbons (Fsp3) is 0.238. The average molecular weight is 517 g/mol. The van der Waals surface area contributed by atoms with Gasteiger partial charge < -0.3 is 4.90 Å². The van der Waals surface area contributed by atoms with E-state index in [9.17, 15) is 21.6 Å². The third-order valence-corrected chi connectivity index (χ3v) is 7.74. The van der Waals surface area contributed by atoms with E-state index in [4.69, 9.17) is 23.2 Å². The fourth-order valence-electron chi connectivity index (χ4n) is 3.56. The molecule has 33 heavy (non-hydrogen) atoms. The number of benzene rings is 2. The minimum Gasteiger partial charge on any atom is -0.352 e. The van der Waals surface area contributed by atoms with Crippen LogP contribution in [0.15, 0.2) is 59.5 Å². The van der Waals surface area contributed by atoms with Gasteiger partial charge in [-0.05, 0) is 42.5 Å². The Bertz CT molecular complexity index is 1260. The molecule has 2 aromatic carbocycles. The number of piperazine rings is 1. The second-order valence-electron chi connectivity index (χ2n) is 7.29. The summed E-state index contributed by atoms with van der Waals surface area (Å²) in [6.07, 6.45) is -4.77. The highest BCUT2D eigenvalue weighted by atomic mass is 35.5. The Morgan fingerprint density at radius 2 is 1.58 bits per heavy atom. The number of nitrogens with zero attached hydrogens (tertiary/aromatic N) is 4. The highest BCUT2D eigenvalue weighted by Gasteiger charge is 2.39. The third kappa shape index (κ3) is 4.93. The first kappa shape index (κ1) is 23.7. The highest BCUT2D eigenvalue weighted by Crippen LogP contribution is 2.35. The molecule has 3 aromatic rings. The van der Waals surface area contributed by atoms with Crippen LogP contribution in [0.3, 0.4) is 0 Å². The first-order valence-corrected chi connectivity index (χ1v) is 12.0. The van der Waals surface area contributed by atoms with Gasteiger partial charge >= 0.3 is 6.18 Å². The summed E-state index contributed by atoms with van der Waals surface area (Å²) in [5.41, 5.74) is 0.0412. The average Bonchev–Trinajstić information content (AvgIpc) is 2.79. The van der Waals surface area contributed by atoms with Gasteiger partial charge in [-0.3, -0.25) is 0 Å². The van der Waals surface area contributed by atoms with E-state index in [1.807, 2.05) is 4.90 Å². The molecule has 0 N–H and O–H groups in total. The summed E-state index contributed by atoms with van der Waals surface area (Å²) in [7, 11) is -4.31. The molecule has 0 saturated carbocycles. The lowest BCUT2D eigenvalue weighted by molar-refractivity contribution is -0.139. The number of sulfonamides is 1. The van der Waals surface area contributed by atoms with Crippen molar-refractivity contribution in [2.24, 2.45) is 0 Å². The Morgan fingerprint density at radius 1 is 0.879 bits per heavy atom. The maximum absolute atomic E-state index is 13.3. The van der Waals surface area contributed by atoms with Crippen molar-refractivity contribution in [3.05, 3.63) is 70.2 Å². The predicted molar refractivity (Wildman–Crippen MR) is 120 cm³/mol. The standard InChI is InChI=1S/C21H17Cl2F3N4O2S/c22-14-5-6-15(17(23)13-14)18-7-8-20(28-27-18)29-9-11-30(12-10-29)33(31,32)19-4-2-1-3-16(19)21(24,25)26/h1-8,13H,9-12H2. The predicted octanol–water partition coefficient (Wildman–Crippen LogP) is 4.98. The lowest BCUT2D eigenvalue weighted by Gasteiger charge is -2.34. The van der Waals surface area contributed by atoms with Crippen molar-refractivity contribution in [2.75, 3.05) is 31.1 Å². The highest BCUT2D eigenvalue weighted by molar-refractivity contribution is 7.89. The van der Waals surface area contributed by atoms with Gasteiger partial charge in [0, 0.05) is 36.8 Å². The molecule has 0 amide bonds. The molecule has 174 valence electrons. The van der Waals surface area contributed by atoms with Crippen LogP contribution in [0.25, 0.3) is 11.3 Å². The van der Waals surface area contributed by atoms with Crippen molar-refractivity contribution in [1.29, 1.82) is 0 Å². The number of rotatable bonds is 4. The second kappa shape index (κ2) is 9.09. The largest absolute Gasteiger partial charge is 0.417 e. The summed E-state index contributed by atoms with van der Waals surface area (Å²) in [6, 6.07) is 12.7. The molecule has 0 radical (unpaired) electrons. The van der Waals surface area contributed by atoms with Gasteiger partial charge in [-0.2, -0.15) is 17.5 Å². The monoisotopic (exact) mass is 516 g/mol. The van der Waals surface area contributed by atoms with Crippen LogP contribution in [0, 0.1) is 0 Å². The summed E-state index contributed by atoms with van der Waals surface area (Å²) in [5.74, 6) is 0.525. The first-order chi connectivity index (χ1) is 15.6. The molecule has 0 unspecified atom stereocenters. The Balaban J connectivity index is 1.48. The Morgan fingerprint density at radius 3 is 2.18 bits per heavy atom. The molecule has 1 aliphatic rings. The van der Waals surface area contributed by atoms with Crippen LogP contribution in [0.1, 0.15) is 5.56 Å². The van der Waals surface area contributed by atoms with E-state index < -0.39 is 26.7 Å². The smallest absolute Gasteiger partial charge is 0.352 e. The molecule has 0 aliphatic carbocycles. The van der Waals surface area contributed by atoms with Crippen LogP contribution in [-0.4, -0.2) is 49.1 Å². The van der Waals surface area contributed by atoms with Gasteiger partial charge in [0.2, 0.25) is 10.0 Å². The summed E-state index contributed by atoms with van der Waals surface area (Å²) in [5, 5.41) is 9.33. The zero-order chi connectivity index (χ0) is 23.8. The van der Waals surface area contributed by atoms with Gasteiger partial charge in [-0.15, -0.1) is 10.2 Å². The molecular weight excluding hydrogens is 500 g/mol. The molecule has 4 rings (SSSR count). The Hall–Kier alpha value is -2.40. The van der Waals surface area contributed by atoms with Crippen molar-refractivity contribution >= 4 is 39.0 Å². The number of halogens is 5. The number of aromatic nitrogens is 2. The lowest BCUT2D eigenvalue weighted by Crippen LogP contribution is -2.49. The molecule has 0 spiro atoms. The third-order valence-electron chi connectivity index (χ3n) is 5.23. The topological polar surface area (TPSA) is 66.4 Å². The Labute approximate surface area is 198 Å². The van der Waals surface area contributed by atoms with Gasteiger partial charge in [-0.1, -0.05) is 35.3 Å². The molecule has 2 heterocycles. The van der Waals surface area contributed by atoms with Crippen molar-refractivity contribution in [1.82, 2.24) is 14.5 Å². The van der Waals surface area contributed by atoms with E-state index in [-0.39, 0.29) is 26.2 Å². The van der Waals surface area contributed by atoms with Crippen LogP contribution < -0.4 is 4.90 Å². The van der Waals surface area contributed by atoms with E-state index in [1.54, 1.807) is 30.3 Å². The summed E-state index contributed by atoms with van der Waals surface area (Å²) in [6.45, 7) is 0.536. The normalized spacial score (nSPS) is 15.6. The molecule has 1 aliphatic heterocycles. The van der Waals surface area contributed by atoms with E-state index in [0.29, 0.717) is 27.1 Å². The molecule has 6 nitrogen and oxygen atoms in total. The van der Waals surface area contributed by atoms with Crippen LogP contribution in [-0.2, 0) is 16.2 Å². The fourth-order valence-corrected chi connectivity index (χ4v) is 5.70. The maximum atomic E-state index is 13.3. The van der Waals surface area contributed by atoms with E-state index in [0.717, 1.165) is 16.4 Å². The number of hydrogen-bond donors (Lipinski definition) is 0. The second-order valence-corrected chi connectivity index (χ2v) is 10.0. The van der Waals surface area contributed by atoms with Crippen LogP contribution in [0.5, 0.6) is 0 Å². The minimum atomic E-state index is -4.77.